The molecule has 0 aliphatic carbocycles. The Balaban J connectivity index is 2.91. The van der Waals surface area contributed by atoms with Gasteiger partial charge in [-0.3, -0.25) is 0 Å². The van der Waals surface area contributed by atoms with Crippen LogP contribution in [-0.2, 0) is 4.79 Å². The first-order valence-corrected chi connectivity index (χ1v) is 8.87. The van der Waals surface area contributed by atoms with E-state index in [0.717, 1.165) is 12.8 Å². The number of carboxylic acids is 1. The molecule has 0 saturated carbocycles. The topological polar surface area (TPSA) is 40.1 Å². The zero-order valence-electron chi connectivity index (χ0n) is 9.76. The second-order valence-corrected chi connectivity index (χ2v) is 13.0. The van der Waals surface area contributed by atoms with E-state index in [9.17, 15) is 9.90 Å². The standard InChI is InChI=1S/C11H21AsO2/c1-10(2)6-8(9(13)14)7-11(3,4)12(10)5/h8H,6-7H2,1-5H3,(H,13,14)/p-1. The van der Waals surface area contributed by atoms with Crippen LogP contribution in [0.1, 0.15) is 40.5 Å². The van der Waals surface area contributed by atoms with Crippen molar-refractivity contribution < 1.29 is 9.90 Å². The summed E-state index contributed by atoms with van der Waals surface area (Å²) in [5.41, 5.74) is 2.37. The SMILES string of the molecule is C[As]1C(C)(C)CC(C(=O)[O-])CC1(C)C. The Morgan fingerprint density at radius 1 is 1.21 bits per heavy atom. The van der Waals surface area contributed by atoms with Crippen LogP contribution >= 0.6 is 0 Å². The van der Waals surface area contributed by atoms with E-state index in [-0.39, 0.29) is 14.3 Å². The monoisotopic (exact) mass is 259 g/mol. The van der Waals surface area contributed by atoms with Gasteiger partial charge in [-0.1, -0.05) is 0 Å². The van der Waals surface area contributed by atoms with Crippen molar-refractivity contribution in [3.63, 3.8) is 0 Å². The van der Waals surface area contributed by atoms with E-state index in [1.165, 1.54) is 0 Å². The Hall–Kier alpha value is 0.0284. The first-order chi connectivity index (χ1) is 6.17. The molecule has 1 heterocycles. The van der Waals surface area contributed by atoms with E-state index in [0.29, 0.717) is 0 Å². The average Bonchev–Trinajstić information content (AvgIpc) is 1.98. The van der Waals surface area contributed by atoms with Crippen molar-refractivity contribution in [2.45, 2.75) is 54.7 Å². The van der Waals surface area contributed by atoms with Gasteiger partial charge in [0, 0.05) is 0 Å². The number of carboxylic acid groups (broad SMARTS) is 1. The van der Waals surface area contributed by atoms with Gasteiger partial charge in [-0.2, -0.15) is 0 Å². The number of carbonyl (C=O) groups is 1. The normalized spacial score (nSPS) is 35.2. The summed E-state index contributed by atoms with van der Waals surface area (Å²) >= 11 is -0.955. The zero-order chi connectivity index (χ0) is 11.1. The molecule has 1 rings (SSSR count). The van der Waals surface area contributed by atoms with Crippen molar-refractivity contribution in [1.29, 1.82) is 0 Å². The molecule has 1 aliphatic rings. The van der Waals surface area contributed by atoms with Crippen LogP contribution in [0.4, 0.5) is 0 Å². The fraction of sp³-hybridized carbons (Fsp3) is 0.909. The van der Waals surface area contributed by atoms with Crippen LogP contribution in [0.2, 0.25) is 14.1 Å². The Labute approximate surface area is 91.3 Å². The predicted molar refractivity (Wildman–Crippen MR) is 57.4 cm³/mol. The molecule has 14 heavy (non-hydrogen) atoms. The number of aliphatic carboxylic acids is 1. The molecule has 0 aromatic carbocycles. The Morgan fingerprint density at radius 2 is 1.57 bits per heavy atom. The summed E-state index contributed by atoms with van der Waals surface area (Å²) in [6, 6.07) is 0. The summed E-state index contributed by atoms with van der Waals surface area (Å²) in [4.78, 5) is 10.9. The first kappa shape index (κ1) is 12.1. The van der Waals surface area contributed by atoms with E-state index in [4.69, 9.17) is 0 Å². The maximum absolute atomic E-state index is 10.9. The number of carbonyl (C=O) groups excluding carboxylic acids is 1. The van der Waals surface area contributed by atoms with Crippen LogP contribution in [-0.4, -0.2) is 20.6 Å². The number of rotatable bonds is 1. The average molecular weight is 259 g/mol. The predicted octanol–water partition coefficient (Wildman–Crippen LogP) is 1.83. The molecule has 0 aromatic heterocycles. The molecule has 1 fully saturated rings. The third kappa shape index (κ3) is 2.16. The van der Waals surface area contributed by atoms with Crippen molar-refractivity contribution in [3.05, 3.63) is 0 Å². The van der Waals surface area contributed by atoms with Crippen molar-refractivity contribution >= 4 is 20.6 Å². The van der Waals surface area contributed by atoms with E-state index in [1.807, 2.05) is 0 Å². The summed E-state index contributed by atoms with van der Waals surface area (Å²) in [5.74, 6) is -1.08. The van der Waals surface area contributed by atoms with Gasteiger partial charge in [-0.15, -0.1) is 0 Å². The molecule has 2 nitrogen and oxygen atoms in total. The van der Waals surface area contributed by atoms with Gasteiger partial charge in [0.05, 0.1) is 0 Å². The summed E-state index contributed by atoms with van der Waals surface area (Å²) in [6.07, 6.45) is 1.63. The van der Waals surface area contributed by atoms with Crippen LogP contribution < -0.4 is 5.11 Å². The molecule has 1 aliphatic heterocycles. The van der Waals surface area contributed by atoms with Gasteiger partial charge in [0.15, 0.2) is 0 Å². The van der Waals surface area contributed by atoms with Crippen molar-refractivity contribution in [1.82, 2.24) is 0 Å². The van der Waals surface area contributed by atoms with Gasteiger partial charge in [0.1, 0.15) is 0 Å². The molecule has 0 atom stereocenters. The second kappa shape index (κ2) is 3.55. The van der Waals surface area contributed by atoms with Gasteiger partial charge in [-0.05, 0) is 0 Å². The molecule has 0 amide bonds. The molecule has 0 aromatic rings. The molecule has 0 bridgehead atoms. The Kier molecular flexibility index (Phi) is 3.07. The molecule has 1 saturated heterocycles. The third-order valence-corrected chi connectivity index (χ3v) is 12.0. The summed E-state index contributed by atoms with van der Waals surface area (Å²) in [7, 11) is 0. The maximum atomic E-state index is 10.9. The number of hydrogen-bond donors (Lipinski definition) is 0. The van der Waals surface area contributed by atoms with Crippen LogP contribution in [0, 0.1) is 5.92 Å². The summed E-state index contributed by atoms with van der Waals surface area (Å²) < 4.78 is 0.499. The van der Waals surface area contributed by atoms with E-state index >= 15 is 0 Å². The summed E-state index contributed by atoms with van der Waals surface area (Å²) in [5, 5.41) is 10.9. The van der Waals surface area contributed by atoms with Gasteiger partial charge in [0.2, 0.25) is 0 Å². The van der Waals surface area contributed by atoms with Crippen LogP contribution in [0.25, 0.3) is 0 Å². The van der Waals surface area contributed by atoms with E-state index < -0.39 is 20.6 Å². The summed E-state index contributed by atoms with van der Waals surface area (Å²) in [6.45, 7) is 8.90. The second-order valence-electron chi connectivity index (χ2n) is 5.61. The molecular formula is C11H20AsO2-. The zero-order valence-corrected chi connectivity index (χ0v) is 11.6. The molecule has 0 unspecified atom stereocenters. The third-order valence-electron chi connectivity index (χ3n) is 3.64. The fourth-order valence-corrected chi connectivity index (χ4v) is 8.05. The van der Waals surface area contributed by atoms with E-state index in [1.54, 1.807) is 0 Å². The van der Waals surface area contributed by atoms with Crippen LogP contribution in [0.15, 0.2) is 0 Å². The molecule has 82 valence electrons. The van der Waals surface area contributed by atoms with Gasteiger partial charge in [0.25, 0.3) is 0 Å². The van der Waals surface area contributed by atoms with Crippen LogP contribution in [0.3, 0.4) is 0 Å². The van der Waals surface area contributed by atoms with Crippen molar-refractivity contribution in [3.8, 4) is 0 Å². The van der Waals surface area contributed by atoms with Gasteiger partial charge >= 0.3 is 91.1 Å². The molecule has 0 N–H and O–H groups in total. The fourth-order valence-electron chi connectivity index (χ4n) is 2.54. The van der Waals surface area contributed by atoms with Gasteiger partial charge in [-0.25, -0.2) is 0 Å². The first-order valence-electron chi connectivity index (χ1n) is 5.11. The van der Waals surface area contributed by atoms with Crippen molar-refractivity contribution in [2.75, 3.05) is 0 Å². The van der Waals surface area contributed by atoms with Crippen molar-refractivity contribution in [2.24, 2.45) is 5.92 Å². The van der Waals surface area contributed by atoms with Gasteiger partial charge < -0.3 is 0 Å². The molecule has 0 spiro atoms. The Morgan fingerprint density at radius 3 is 1.86 bits per heavy atom. The number of hydrogen-bond acceptors (Lipinski definition) is 2. The molecule has 3 heteroatoms. The quantitative estimate of drug-likeness (QED) is 0.674. The minimum atomic E-state index is -0.955. The van der Waals surface area contributed by atoms with E-state index in [2.05, 4.69) is 33.4 Å². The minimum absolute atomic E-state index is 0.231. The Bertz CT molecular complexity index is 228. The van der Waals surface area contributed by atoms with Crippen LogP contribution in [0.5, 0.6) is 0 Å². The molecule has 0 radical (unpaired) electrons. The molecular weight excluding hydrogens is 239 g/mol.